The summed E-state index contributed by atoms with van der Waals surface area (Å²) in [4.78, 5) is 4.30. The summed E-state index contributed by atoms with van der Waals surface area (Å²) in [6.45, 7) is 3.08. The molecule has 0 radical (unpaired) electrons. The first-order chi connectivity index (χ1) is 9.20. The van der Waals surface area contributed by atoms with Gasteiger partial charge in [-0.3, -0.25) is 4.68 Å². The van der Waals surface area contributed by atoms with Gasteiger partial charge in [0.15, 0.2) is 0 Å². The Labute approximate surface area is 122 Å². The Balaban J connectivity index is 2.08. The molecule has 1 unspecified atom stereocenters. The first-order valence-corrected chi connectivity index (χ1v) is 7.29. The third kappa shape index (κ3) is 3.88. The highest BCUT2D eigenvalue weighted by Crippen LogP contribution is 2.18. The van der Waals surface area contributed by atoms with Crippen LogP contribution in [0.15, 0.2) is 35.1 Å². The second-order valence-electron chi connectivity index (χ2n) is 4.55. The SMILES string of the molecule is CCNC(Cc1ccccc1Br)Cc1ncnn1C. The Kier molecular flexibility index (Phi) is 5.10. The van der Waals surface area contributed by atoms with Crippen molar-refractivity contribution in [3.8, 4) is 0 Å². The molecule has 0 saturated heterocycles. The predicted octanol–water partition coefficient (Wildman–Crippen LogP) is 2.34. The van der Waals surface area contributed by atoms with Crippen LogP contribution in [0.4, 0.5) is 0 Å². The van der Waals surface area contributed by atoms with E-state index in [1.807, 2.05) is 17.8 Å². The zero-order valence-corrected chi connectivity index (χ0v) is 12.9. The lowest BCUT2D eigenvalue weighted by Crippen LogP contribution is -2.34. The van der Waals surface area contributed by atoms with Gasteiger partial charge in [0.1, 0.15) is 12.2 Å². The molecule has 1 N–H and O–H groups in total. The molecule has 2 rings (SSSR count). The summed E-state index contributed by atoms with van der Waals surface area (Å²) in [5.74, 6) is 1.01. The van der Waals surface area contributed by atoms with Gasteiger partial charge in [-0.1, -0.05) is 41.1 Å². The van der Waals surface area contributed by atoms with Crippen molar-refractivity contribution in [1.82, 2.24) is 20.1 Å². The summed E-state index contributed by atoms with van der Waals surface area (Å²) in [7, 11) is 1.93. The number of halogens is 1. The van der Waals surface area contributed by atoms with Crippen molar-refractivity contribution in [1.29, 1.82) is 0 Å². The van der Waals surface area contributed by atoms with Gasteiger partial charge in [-0.05, 0) is 24.6 Å². The number of hydrogen-bond acceptors (Lipinski definition) is 3. The molecule has 0 amide bonds. The van der Waals surface area contributed by atoms with Crippen LogP contribution in [0.25, 0.3) is 0 Å². The molecule has 0 bridgehead atoms. The van der Waals surface area contributed by atoms with Gasteiger partial charge in [0.05, 0.1) is 0 Å². The summed E-state index contributed by atoms with van der Waals surface area (Å²) in [6.07, 6.45) is 3.46. The zero-order valence-electron chi connectivity index (χ0n) is 11.3. The molecule has 0 aliphatic rings. The average Bonchev–Trinajstić information content (AvgIpc) is 2.78. The largest absolute Gasteiger partial charge is 0.313 e. The maximum atomic E-state index is 4.30. The van der Waals surface area contributed by atoms with E-state index in [1.54, 1.807) is 6.33 Å². The Morgan fingerprint density at radius 1 is 1.32 bits per heavy atom. The zero-order chi connectivity index (χ0) is 13.7. The summed E-state index contributed by atoms with van der Waals surface area (Å²) in [5.41, 5.74) is 1.32. The maximum absolute atomic E-state index is 4.30. The number of benzene rings is 1. The summed E-state index contributed by atoms with van der Waals surface area (Å²) < 4.78 is 3.00. The molecule has 1 heterocycles. The van der Waals surface area contributed by atoms with Crippen LogP contribution in [0.5, 0.6) is 0 Å². The number of nitrogens with one attached hydrogen (secondary N) is 1. The number of rotatable bonds is 6. The molecule has 0 fully saturated rings. The molecule has 0 saturated carbocycles. The van der Waals surface area contributed by atoms with Crippen molar-refractivity contribution in [3.63, 3.8) is 0 Å². The maximum Gasteiger partial charge on any atom is 0.138 e. The molecule has 2 aromatic rings. The number of nitrogens with zero attached hydrogens (tertiary/aromatic N) is 3. The minimum Gasteiger partial charge on any atom is -0.313 e. The van der Waals surface area contributed by atoms with Gasteiger partial charge in [-0.15, -0.1) is 0 Å². The molecule has 0 aliphatic heterocycles. The Morgan fingerprint density at radius 2 is 2.11 bits per heavy atom. The van der Waals surface area contributed by atoms with Gasteiger partial charge < -0.3 is 5.32 Å². The minimum absolute atomic E-state index is 0.367. The fourth-order valence-corrected chi connectivity index (χ4v) is 2.61. The lowest BCUT2D eigenvalue weighted by Gasteiger charge is -2.18. The summed E-state index contributed by atoms with van der Waals surface area (Å²) >= 11 is 3.61. The van der Waals surface area contributed by atoms with Gasteiger partial charge in [0.2, 0.25) is 0 Å². The van der Waals surface area contributed by atoms with Crippen LogP contribution in [-0.4, -0.2) is 27.4 Å². The summed E-state index contributed by atoms with van der Waals surface area (Å²) in [6, 6.07) is 8.72. The standard InChI is InChI=1S/C14H19BrN4/c1-3-16-12(9-14-17-10-18-19(14)2)8-11-6-4-5-7-13(11)15/h4-7,10,12,16H,3,8-9H2,1-2H3. The number of aromatic nitrogens is 3. The monoisotopic (exact) mass is 322 g/mol. The van der Waals surface area contributed by atoms with Crippen LogP contribution in [0.1, 0.15) is 18.3 Å². The van der Waals surface area contributed by atoms with Gasteiger partial charge in [0, 0.05) is 24.0 Å². The second-order valence-corrected chi connectivity index (χ2v) is 5.41. The van der Waals surface area contributed by atoms with Crippen molar-refractivity contribution < 1.29 is 0 Å². The van der Waals surface area contributed by atoms with Crippen LogP contribution in [0.2, 0.25) is 0 Å². The third-order valence-corrected chi connectivity index (χ3v) is 3.92. The van der Waals surface area contributed by atoms with Crippen LogP contribution in [-0.2, 0) is 19.9 Å². The highest BCUT2D eigenvalue weighted by molar-refractivity contribution is 9.10. The Morgan fingerprint density at radius 3 is 2.74 bits per heavy atom. The third-order valence-electron chi connectivity index (χ3n) is 3.15. The van der Waals surface area contributed by atoms with Gasteiger partial charge >= 0.3 is 0 Å². The minimum atomic E-state index is 0.367. The average molecular weight is 323 g/mol. The smallest absolute Gasteiger partial charge is 0.138 e. The quantitative estimate of drug-likeness (QED) is 0.887. The number of hydrogen-bond donors (Lipinski definition) is 1. The fraction of sp³-hybridized carbons (Fsp3) is 0.429. The normalized spacial score (nSPS) is 12.6. The molecule has 102 valence electrons. The van der Waals surface area contributed by atoms with E-state index in [0.29, 0.717) is 6.04 Å². The van der Waals surface area contributed by atoms with Crippen molar-refractivity contribution in [3.05, 3.63) is 46.5 Å². The second kappa shape index (κ2) is 6.82. The molecular weight excluding hydrogens is 304 g/mol. The first-order valence-electron chi connectivity index (χ1n) is 6.50. The topological polar surface area (TPSA) is 42.7 Å². The highest BCUT2D eigenvalue weighted by atomic mass is 79.9. The predicted molar refractivity (Wildman–Crippen MR) is 80.0 cm³/mol. The first kappa shape index (κ1) is 14.2. The van der Waals surface area contributed by atoms with Gasteiger partial charge in [-0.25, -0.2) is 4.98 Å². The van der Waals surface area contributed by atoms with Crippen molar-refractivity contribution in [2.24, 2.45) is 7.05 Å². The highest BCUT2D eigenvalue weighted by Gasteiger charge is 2.13. The van der Waals surface area contributed by atoms with E-state index >= 15 is 0 Å². The van der Waals surface area contributed by atoms with Crippen LogP contribution >= 0.6 is 15.9 Å². The molecule has 1 aromatic carbocycles. The number of aryl methyl sites for hydroxylation is 1. The molecule has 4 nitrogen and oxygen atoms in total. The molecular formula is C14H19BrN4. The van der Waals surface area contributed by atoms with E-state index in [-0.39, 0.29) is 0 Å². The lowest BCUT2D eigenvalue weighted by molar-refractivity contribution is 0.498. The summed E-state index contributed by atoms with van der Waals surface area (Å²) in [5, 5.41) is 7.64. The molecule has 1 aromatic heterocycles. The van der Waals surface area contributed by atoms with Crippen molar-refractivity contribution in [2.45, 2.75) is 25.8 Å². The van der Waals surface area contributed by atoms with E-state index in [9.17, 15) is 0 Å². The molecule has 0 aliphatic carbocycles. The van der Waals surface area contributed by atoms with Crippen molar-refractivity contribution >= 4 is 15.9 Å². The molecule has 5 heteroatoms. The Hall–Kier alpha value is -1.20. The van der Waals surface area contributed by atoms with Gasteiger partial charge in [-0.2, -0.15) is 5.10 Å². The van der Waals surface area contributed by atoms with E-state index in [0.717, 1.165) is 29.7 Å². The van der Waals surface area contributed by atoms with Gasteiger partial charge in [0.25, 0.3) is 0 Å². The Bertz CT molecular complexity index is 524. The van der Waals surface area contributed by atoms with Crippen molar-refractivity contribution in [2.75, 3.05) is 6.54 Å². The van der Waals surface area contributed by atoms with E-state index < -0.39 is 0 Å². The van der Waals surface area contributed by atoms with Crippen LogP contribution < -0.4 is 5.32 Å². The van der Waals surface area contributed by atoms with E-state index in [4.69, 9.17) is 0 Å². The molecule has 0 spiro atoms. The van der Waals surface area contributed by atoms with Crippen LogP contribution in [0, 0.1) is 0 Å². The fourth-order valence-electron chi connectivity index (χ4n) is 2.16. The number of likely N-dealkylation sites (N-methyl/N-ethyl adjacent to an activating group) is 1. The molecule has 1 atom stereocenters. The van der Waals surface area contributed by atoms with Crippen LogP contribution in [0.3, 0.4) is 0 Å². The van der Waals surface area contributed by atoms with E-state index in [2.05, 4.69) is 56.5 Å². The lowest BCUT2D eigenvalue weighted by atomic mass is 10.0. The molecule has 19 heavy (non-hydrogen) atoms. The van der Waals surface area contributed by atoms with E-state index in [1.165, 1.54) is 5.56 Å².